The molecule has 16 heavy (non-hydrogen) atoms. The summed E-state index contributed by atoms with van der Waals surface area (Å²) in [6.07, 6.45) is -5.75. The average molecular weight is 232 g/mol. The summed E-state index contributed by atoms with van der Waals surface area (Å²) in [5, 5.41) is 8.91. The lowest BCUT2D eigenvalue weighted by Gasteiger charge is -2.28. The Bertz CT molecular complexity index is 387. The molecule has 0 saturated carbocycles. The highest BCUT2D eigenvalue weighted by Crippen LogP contribution is 2.40. The molecule has 2 rings (SSSR count). The molecule has 0 bridgehead atoms. The Balaban J connectivity index is 2.40. The predicted molar refractivity (Wildman–Crippen MR) is 50.8 cm³/mol. The van der Waals surface area contributed by atoms with Crippen LogP contribution in [0.2, 0.25) is 0 Å². The highest BCUT2D eigenvalue weighted by molar-refractivity contribution is 5.35. The van der Waals surface area contributed by atoms with E-state index in [1.54, 1.807) is 6.07 Å². The Morgan fingerprint density at radius 1 is 1.38 bits per heavy atom. The zero-order chi connectivity index (χ0) is 11.8. The number of hydrogen-bond donors (Lipinski definition) is 1. The first kappa shape index (κ1) is 11.4. The summed E-state index contributed by atoms with van der Waals surface area (Å²) in [6.45, 7) is -0.100. The summed E-state index contributed by atoms with van der Waals surface area (Å²) in [4.78, 5) is 0. The van der Waals surface area contributed by atoms with Crippen molar-refractivity contribution in [2.24, 2.45) is 0 Å². The Hall–Kier alpha value is -1.07. The van der Waals surface area contributed by atoms with Crippen molar-refractivity contribution in [2.75, 3.05) is 6.61 Å². The van der Waals surface area contributed by atoms with Gasteiger partial charge in [-0.15, -0.1) is 0 Å². The molecule has 0 amide bonds. The van der Waals surface area contributed by atoms with E-state index in [0.29, 0.717) is 17.5 Å². The summed E-state index contributed by atoms with van der Waals surface area (Å²) in [5.41, 5.74) is 1.40. The van der Waals surface area contributed by atoms with Crippen molar-refractivity contribution in [2.45, 2.75) is 25.3 Å². The number of benzene rings is 1. The van der Waals surface area contributed by atoms with Crippen LogP contribution in [0.25, 0.3) is 0 Å². The van der Waals surface area contributed by atoms with E-state index in [-0.39, 0.29) is 18.8 Å². The molecule has 2 nitrogen and oxygen atoms in total. The Labute approximate surface area is 90.7 Å². The third kappa shape index (κ3) is 2.05. The fraction of sp³-hybridized carbons (Fsp3) is 0.455. The number of rotatable bonds is 1. The number of fused-ring (bicyclic) bond motifs is 1. The number of ether oxygens (including phenoxy) is 1. The van der Waals surface area contributed by atoms with Crippen LogP contribution >= 0.6 is 0 Å². The number of halogens is 3. The Kier molecular flexibility index (Phi) is 2.90. The highest BCUT2D eigenvalue weighted by Gasteiger charge is 2.44. The Morgan fingerprint density at radius 2 is 2.12 bits per heavy atom. The lowest BCUT2D eigenvalue weighted by Crippen LogP contribution is -2.29. The molecule has 0 aromatic heterocycles. The molecule has 0 aliphatic carbocycles. The number of alkyl halides is 3. The lowest BCUT2D eigenvalue weighted by molar-refractivity contribution is -0.227. The van der Waals surface area contributed by atoms with Gasteiger partial charge >= 0.3 is 6.18 Å². The molecule has 0 saturated heterocycles. The van der Waals surface area contributed by atoms with Crippen LogP contribution in [0.4, 0.5) is 13.2 Å². The van der Waals surface area contributed by atoms with Crippen LogP contribution in [0.3, 0.4) is 0 Å². The molecule has 1 aliphatic rings. The number of hydrogen-bond acceptors (Lipinski definition) is 2. The zero-order valence-corrected chi connectivity index (χ0v) is 8.42. The van der Waals surface area contributed by atoms with Gasteiger partial charge in [-0.25, -0.2) is 0 Å². The second-order valence-corrected chi connectivity index (χ2v) is 3.73. The van der Waals surface area contributed by atoms with Crippen LogP contribution in [0.5, 0.6) is 0 Å². The van der Waals surface area contributed by atoms with Gasteiger partial charge in [0.2, 0.25) is 0 Å². The van der Waals surface area contributed by atoms with Crippen molar-refractivity contribution in [3.63, 3.8) is 0 Å². The van der Waals surface area contributed by atoms with E-state index < -0.39 is 12.3 Å². The van der Waals surface area contributed by atoms with E-state index in [1.165, 1.54) is 12.1 Å². The standard InChI is InChI=1S/C11H11F3O2/c12-11(13,14)10-9-2-1-7(6-15)5-8(9)3-4-16-10/h1-2,5,10,15H,3-4,6H2. The van der Waals surface area contributed by atoms with Crippen LogP contribution < -0.4 is 0 Å². The van der Waals surface area contributed by atoms with E-state index in [1.807, 2.05) is 0 Å². The molecule has 0 radical (unpaired) electrons. The third-order valence-corrected chi connectivity index (χ3v) is 2.63. The van der Waals surface area contributed by atoms with Gasteiger partial charge in [-0.05, 0) is 23.1 Å². The van der Waals surface area contributed by atoms with Crippen LogP contribution in [0.1, 0.15) is 22.8 Å². The van der Waals surface area contributed by atoms with Gasteiger partial charge in [-0.3, -0.25) is 0 Å². The molecule has 5 heteroatoms. The summed E-state index contributed by atoms with van der Waals surface area (Å²) in [6, 6.07) is 4.49. The molecule has 1 N–H and O–H groups in total. The fourth-order valence-corrected chi connectivity index (χ4v) is 1.88. The van der Waals surface area contributed by atoms with E-state index in [0.717, 1.165) is 0 Å². The zero-order valence-electron chi connectivity index (χ0n) is 8.42. The van der Waals surface area contributed by atoms with Crippen LogP contribution in [0.15, 0.2) is 18.2 Å². The molecule has 1 aromatic rings. The van der Waals surface area contributed by atoms with Gasteiger partial charge in [-0.1, -0.05) is 18.2 Å². The minimum absolute atomic E-state index is 0.0616. The molecular weight excluding hydrogens is 221 g/mol. The summed E-state index contributed by atoms with van der Waals surface area (Å²) < 4.78 is 42.6. The van der Waals surface area contributed by atoms with E-state index >= 15 is 0 Å². The molecular formula is C11H11F3O2. The molecule has 1 heterocycles. The molecule has 0 spiro atoms. The first-order valence-electron chi connectivity index (χ1n) is 4.93. The third-order valence-electron chi connectivity index (χ3n) is 2.63. The smallest absolute Gasteiger partial charge is 0.392 e. The quantitative estimate of drug-likeness (QED) is 0.805. The maximum Gasteiger partial charge on any atom is 0.418 e. The topological polar surface area (TPSA) is 29.5 Å². The van der Waals surface area contributed by atoms with Gasteiger partial charge in [0, 0.05) is 0 Å². The lowest BCUT2D eigenvalue weighted by atomic mass is 9.95. The van der Waals surface area contributed by atoms with E-state index in [2.05, 4.69) is 0 Å². The van der Waals surface area contributed by atoms with Gasteiger partial charge in [-0.2, -0.15) is 13.2 Å². The summed E-state index contributed by atoms with van der Waals surface area (Å²) in [7, 11) is 0. The molecule has 1 aliphatic heterocycles. The van der Waals surface area contributed by atoms with Crippen molar-refractivity contribution in [1.82, 2.24) is 0 Å². The summed E-state index contributed by atoms with van der Waals surface area (Å²) >= 11 is 0. The maximum absolute atomic E-state index is 12.6. The van der Waals surface area contributed by atoms with Crippen molar-refractivity contribution in [3.05, 3.63) is 34.9 Å². The first-order chi connectivity index (χ1) is 7.52. The normalized spacial score (nSPS) is 20.6. The minimum atomic E-state index is -4.38. The van der Waals surface area contributed by atoms with Crippen LogP contribution in [-0.2, 0) is 17.8 Å². The van der Waals surface area contributed by atoms with Gasteiger partial charge < -0.3 is 9.84 Å². The van der Waals surface area contributed by atoms with Crippen LogP contribution in [0, 0.1) is 0 Å². The molecule has 1 unspecified atom stereocenters. The van der Waals surface area contributed by atoms with Gasteiger partial charge in [0.05, 0.1) is 13.2 Å². The van der Waals surface area contributed by atoms with Gasteiger partial charge in [0.15, 0.2) is 6.10 Å². The van der Waals surface area contributed by atoms with E-state index in [9.17, 15) is 13.2 Å². The molecule has 88 valence electrons. The molecule has 1 aromatic carbocycles. The van der Waals surface area contributed by atoms with Crippen molar-refractivity contribution < 1.29 is 23.0 Å². The van der Waals surface area contributed by atoms with Gasteiger partial charge in [0.1, 0.15) is 0 Å². The van der Waals surface area contributed by atoms with Crippen LogP contribution in [-0.4, -0.2) is 17.9 Å². The average Bonchev–Trinajstić information content (AvgIpc) is 2.26. The number of aliphatic hydroxyl groups excluding tert-OH is 1. The van der Waals surface area contributed by atoms with Gasteiger partial charge in [0.25, 0.3) is 0 Å². The summed E-state index contributed by atoms with van der Waals surface area (Å²) in [5.74, 6) is 0. The largest absolute Gasteiger partial charge is 0.418 e. The fourth-order valence-electron chi connectivity index (χ4n) is 1.88. The maximum atomic E-state index is 12.6. The van der Waals surface area contributed by atoms with Crippen molar-refractivity contribution >= 4 is 0 Å². The van der Waals surface area contributed by atoms with E-state index in [4.69, 9.17) is 9.84 Å². The number of aliphatic hydroxyl groups is 1. The second kappa shape index (κ2) is 4.07. The molecule has 1 atom stereocenters. The monoisotopic (exact) mass is 232 g/mol. The predicted octanol–water partition coefficient (Wildman–Crippen LogP) is 2.36. The first-order valence-corrected chi connectivity index (χ1v) is 4.93. The Morgan fingerprint density at radius 3 is 2.75 bits per heavy atom. The SMILES string of the molecule is OCc1ccc2c(c1)CCOC2C(F)(F)F. The van der Waals surface area contributed by atoms with Crippen molar-refractivity contribution in [1.29, 1.82) is 0 Å². The molecule has 0 fully saturated rings. The highest BCUT2D eigenvalue weighted by atomic mass is 19.4. The minimum Gasteiger partial charge on any atom is -0.392 e. The second-order valence-electron chi connectivity index (χ2n) is 3.73. The van der Waals surface area contributed by atoms with Crippen molar-refractivity contribution in [3.8, 4) is 0 Å².